The van der Waals surface area contributed by atoms with Gasteiger partial charge < -0.3 is 11.1 Å². The summed E-state index contributed by atoms with van der Waals surface area (Å²) >= 11 is 9.26. The van der Waals surface area contributed by atoms with Gasteiger partial charge >= 0.3 is 0 Å². The van der Waals surface area contributed by atoms with Gasteiger partial charge in [0.05, 0.1) is 16.9 Å². The van der Waals surface area contributed by atoms with Crippen molar-refractivity contribution in [2.75, 3.05) is 11.1 Å². The molecule has 2 aromatic carbocycles. The van der Waals surface area contributed by atoms with Crippen LogP contribution in [0, 0.1) is 6.92 Å². The lowest BCUT2D eigenvalue weighted by Gasteiger charge is -2.10. The van der Waals surface area contributed by atoms with Crippen LogP contribution < -0.4 is 11.1 Å². The molecule has 0 saturated heterocycles. The molecule has 98 valence electrons. The van der Waals surface area contributed by atoms with Crippen molar-refractivity contribution in [3.63, 3.8) is 0 Å². The number of halogens is 2. The fraction of sp³-hybridized carbons (Fsp3) is 0.0714. The predicted octanol–water partition coefficient (Wildman–Crippen LogP) is 4.25. The van der Waals surface area contributed by atoms with Gasteiger partial charge in [0.2, 0.25) is 0 Å². The average molecular weight is 340 g/mol. The Morgan fingerprint density at radius 1 is 1.26 bits per heavy atom. The third kappa shape index (κ3) is 3.28. The molecular formula is C14H12BrClN2O. The highest BCUT2D eigenvalue weighted by molar-refractivity contribution is 9.10. The number of nitrogens with one attached hydrogen (secondary N) is 1. The van der Waals surface area contributed by atoms with Gasteiger partial charge in [-0.1, -0.05) is 17.7 Å². The number of anilines is 2. The highest BCUT2D eigenvalue weighted by Gasteiger charge is 2.11. The minimum Gasteiger partial charge on any atom is -0.397 e. The summed E-state index contributed by atoms with van der Waals surface area (Å²) < 4.78 is 0.741. The molecule has 0 fully saturated rings. The molecule has 19 heavy (non-hydrogen) atoms. The highest BCUT2D eigenvalue weighted by Crippen LogP contribution is 2.25. The maximum Gasteiger partial charge on any atom is 0.256 e. The lowest BCUT2D eigenvalue weighted by Crippen LogP contribution is -2.13. The number of nitrogen functional groups attached to an aromatic ring is 1. The Balaban J connectivity index is 2.28. The van der Waals surface area contributed by atoms with Crippen molar-refractivity contribution < 1.29 is 4.79 Å². The van der Waals surface area contributed by atoms with Crippen molar-refractivity contribution in [3.05, 3.63) is 57.0 Å². The first-order valence-electron chi connectivity index (χ1n) is 5.60. The Labute approximate surface area is 124 Å². The number of benzene rings is 2. The van der Waals surface area contributed by atoms with E-state index in [1.165, 1.54) is 0 Å². The van der Waals surface area contributed by atoms with E-state index < -0.39 is 0 Å². The van der Waals surface area contributed by atoms with Crippen LogP contribution in [0.15, 0.2) is 40.9 Å². The summed E-state index contributed by atoms with van der Waals surface area (Å²) in [5.41, 5.74) is 8.39. The molecule has 0 saturated carbocycles. The SMILES string of the molecule is Cc1ccc(C(=O)Nc2cc(Cl)ccc2N)c(Br)c1. The summed E-state index contributed by atoms with van der Waals surface area (Å²) in [6.07, 6.45) is 0. The van der Waals surface area contributed by atoms with Crippen molar-refractivity contribution in [3.8, 4) is 0 Å². The Hall–Kier alpha value is -1.52. The molecule has 0 spiro atoms. The number of hydrogen-bond donors (Lipinski definition) is 2. The molecule has 0 atom stereocenters. The largest absolute Gasteiger partial charge is 0.397 e. The first-order valence-corrected chi connectivity index (χ1v) is 6.77. The summed E-state index contributed by atoms with van der Waals surface area (Å²) in [7, 11) is 0. The molecule has 2 rings (SSSR count). The van der Waals surface area contributed by atoms with E-state index in [0.29, 0.717) is 22.0 Å². The second-order valence-corrected chi connectivity index (χ2v) is 5.46. The summed E-state index contributed by atoms with van der Waals surface area (Å²) in [5.74, 6) is -0.235. The molecule has 0 radical (unpaired) electrons. The van der Waals surface area contributed by atoms with Crippen LogP contribution in [0.25, 0.3) is 0 Å². The predicted molar refractivity (Wildman–Crippen MR) is 82.7 cm³/mol. The van der Waals surface area contributed by atoms with Crippen LogP contribution >= 0.6 is 27.5 Å². The highest BCUT2D eigenvalue weighted by atomic mass is 79.9. The van der Waals surface area contributed by atoms with E-state index in [1.54, 1.807) is 24.3 Å². The van der Waals surface area contributed by atoms with Gasteiger partial charge in [-0.15, -0.1) is 0 Å². The van der Waals surface area contributed by atoms with E-state index in [0.717, 1.165) is 10.0 Å². The molecule has 0 bridgehead atoms. The quantitative estimate of drug-likeness (QED) is 0.804. The van der Waals surface area contributed by atoms with E-state index >= 15 is 0 Å². The lowest BCUT2D eigenvalue weighted by molar-refractivity contribution is 0.102. The zero-order chi connectivity index (χ0) is 14.0. The van der Waals surface area contributed by atoms with Crippen LogP contribution in [0.3, 0.4) is 0 Å². The van der Waals surface area contributed by atoms with Crippen LogP contribution in [0.1, 0.15) is 15.9 Å². The zero-order valence-corrected chi connectivity index (χ0v) is 12.5. The topological polar surface area (TPSA) is 55.1 Å². The van der Waals surface area contributed by atoms with Crippen LogP contribution in [0.2, 0.25) is 5.02 Å². The molecule has 3 N–H and O–H groups in total. The number of amides is 1. The normalized spacial score (nSPS) is 10.3. The molecule has 3 nitrogen and oxygen atoms in total. The molecular weight excluding hydrogens is 328 g/mol. The molecule has 0 heterocycles. The lowest BCUT2D eigenvalue weighted by atomic mass is 10.1. The molecule has 0 aliphatic heterocycles. The fourth-order valence-electron chi connectivity index (χ4n) is 1.63. The Kier molecular flexibility index (Phi) is 4.12. The van der Waals surface area contributed by atoms with Gasteiger partial charge in [0.15, 0.2) is 0 Å². The number of carbonyl (C=O) groups excluding carboxylic acids is 1. The number of nitrogens with two attached hydrogens (primary N) is 1. The minimum absolute atomic E-state index is 0.235. The Morgan fingerprint density at radius 3 is 2.68 bits per heavy atom. The Morgan fingerprint density at radius 2 is 2.00 bits per heavy atom. The van der Waals surface area contributed by atoms with Gasteiger partial charge in [0.1, 0.15) is 0 Å². The second kappa shape index (κ2) is 5.63. The summed E-state index contributed by atoms with van der Waals surface area (Å²) in [6, 6.07) is 10.5. The van der Waals surface area contributed by atoms with Crippen LogP contribution in [0.5, 0.6) is 0 Å². The average Bonchev–Trinajstić information content (AvgIpc) is 2.33. The molecule has 2 aromatic rings. The molecule has 0 aliphatic carbocycles. The van der Waals surface area contributed by atoms with Gasteiger partial charge in [-0.3, -0.25) is 4.79 Å². The smallest absolute Gasteiger partial charge is 0.256 e. The first kappa shape index (κ1) is 13.9. The standard InChI is InChI=1S/C14H12BrClN2O/c1-8-2-4-10(11(15)6-8)14(19)18-13-7-9(16)3-5-12(13)17/h2-7H,17H2,1H3,(H,18,19). The maximum absolute atomic E-state index is 12.2. The minimum atomic E-state index is -0.235. The van der Waals surface area contributed by atoms with E-state index in [1.807, 2.05) is 19.1 Å². The maximum atomic E-state index is 12.2. The number of aryl methyl sites for hydroxylation is 1. The molecule has 5 heteroatoms. The van der Waals surface area contributed by atoms with E-state index in [2.05, 4.69) is 21.2 Å². The third-order valence-electron chi connectivity index (χ3n) is 2.63. The number of rotatable bonds is 2. The molecule has 0 aromatic heterocycles. The molecule has 0 aliphatic rings. The van der Waals surface area contributed by atoms with Gasteiger partial charge in [0, 0.05) is 9.50 Å². The van der Waals surface area contributed by atoms with Gasteiger partial charge in [-0.25, -0.2) is 0 Å². The van der Waals surface area contributed by atoms with Gasteiger partial charge in [-0.05, 0) is 58.7 Å². The zero-order valence-electron chi connectivity index (χ0n) is 10.2. The van der Waals surface area contributed by atoms with Crippen LogP contribution in [0.4, 0.5) is 11.4 Å². The van der Waals surface area contributed by atoms with Crippen molar-refractivity contribution in [1.29, 1.82) is 0 Å². The van der Waals surface area contributed by atoms with E-state index in [9.17, 15) is 4.79 Å². The van der Waals surface area contributed by atoms with Gasteiger partial charge in [-0.2, -0.15) is 0 Å². The Bertz CT molecular complexity index is 643. The van der Waals surface area contributed by atoms with Crippen LogP contribution in [-0.4, -0.2) is 5.91 Å². The van der Waals surface area contributed by atoms with Crippen molar-refractivity contribution in [2.24, 2.45) is 0 Å². The molecule has 1 amide bonds. The summed E-state index contributed by atoms with van der Waals surface area (Å²) in [4.78, 5) is 12.2. The van der Waals surface area contributed by atoms with E-state index in [-0.39, 0.29) is 5.91 Å². The van der Waals surface area contributed by atoms with Gasteiger partial charge in [0.25, 0.3) is 5.91 Å². The van der Waals surface area contributed by atoms with Crippen LogP contribution in [-0.2, 0) is 0 Å². The van der Waals surface area contributed by atoms with Crippen molar-refractivity contribution >= 4 is 44.8 Å². The molecule has 0 unspecified atom stereocenters. The van der Waals surface area contributed by atoms with Crippen molar-refractivity contribution in [1.82, 2.24) is 0 Å². The first-order chi connectivity index (χ1) is 8.97. The summed E-state index contributed by atoms with van der Waals surface area (Å²) in [6.45, 7) is 1.96. The monoisotopic (exact) mass is 338 g/mol. The third-order valence-corrected chi connectivity index (χ3v) is 3.52. The second-order valence-electron chi connectivity index (χ2n) is 4.17. The van der Waals surface area contributed by atoms with Crippen molar-refractivity contribution in [2.45, 2.75) is 6.92 Å². The summed E-state index contributed by atoms with van der Waals surface area (Å²) in [5, 5.41) is 3.27. The van der Waals surface area contributed by atoms with E-state index in [4.69, 9.17) is 17.3 Å². The number of carbonyl (C=O) groups is 1. The number of hydrogen-bond acceptors (Lipinski definition) is 2. The fourth-order valence-corrected chi connectivity index (χ4v) is 2.48.